The van der Waals surface area contributed by atoms with Gasteiger partial charge in [0.2, 0.25) is 0 Å². The van der Waals surface area contributed by atoms with E-state index in [1.165, 1.54) is 0 Å². The van der Waals surface area contributed by atoms with Crippen molar-refractivity contribution in [2.24, 2.45) is 16.5 Å². The molecule has 1 atom stereocenters. The minimum Gasteiger partial charge on any atom is -0.481 e. The zero-order valence-corrected chi connectivity index (χ0v) is 9.84. The Morgan fingerprint density at radius 3 is 2.44 bits per heavy atom. The Bertz CT molecular complexity index is 482. The fourth-order valence-electron chi connectivity index (χ4n) is 1.59. The molecule has 0 bridgehead atoms. The Morgan fingerprint density at radius 2 is 2.00 bits per heavy atom. The smallest absolute Gasteiger partial charge is 0.311 e. The van der Waals surface area contributed by atoms with Crippen LogP contribution in [-0.4, -0.2) is 17.0 Å². The van der Waals surface area contributed by atoms with E-state index in [9.17, 15) is 4.79 Å². The Morgan fingerprint density at radius 1 is 1.39 bits per heavy atom. The molecule has 1 unspecified atom stereocenters. The summed E-state index contributed by atoms with van der Waals surface area (Å²) < 4.78 is 0. The third-order valence-corrected chi connectivity index (χ3v) is 2.43. The van der Waals surface area contributed by atoms with Crippen LogP contribution in [0.5, 0.6) is 0 Å². The normalized spacial score (nSPS) is 11.3. The number of aliphatic imine (C=N–C) groups is 1. The first-order valence-electron chi connectivity index (χ1n) is 5.40. The summed E-state index contributed by atoms with van der Waals surface area (Å²) in [7, 11) is 0. The maximum absolute atomic E-state index is 11.1. The van der Waals surface area contributed by atoms with Crippen molar-refractivity contribution in [3.05, 3.63) is 29.8 Å². The number of hydrogen-bond acceptors (Lipinski definition) is 2. The lowest BCUT2D eigenvalue weighted by Crippen LogP contribution is -2.21. The van der Waals surface area contributed by atoms with Gasteiger partial charge >= 0.3 is 5.97 Å². The number of guanidine groups is 1. The van der Waals surface area contributed by atoms with Gasteiger partial charge in [-0.25, -0.2) is 4.99 Å². The molecule has 0 aromatic heterocycles. The second-order valence-electron chi connectivity index (χ2n) is 3.76. The lowest BCUT2D eigenvalue weighted by molar-refractivity contribution is -0.138. The van der Waals surface area contributed by atoms with Gasteiger partial charge in [0.05, 0.1) is 11.6 Å². The fraction of sp³-hybridized carbons (Fsp3) is 0.231. The average Bonchev–Trinajstić information content (AvgIpc) is 2.30. The van der Waals surface area contributed by atoms with E-state index in [0.29, 0.717) is 24.1 Å². The van der Waals surface area contributed by atoms with Crippen molar-refractivity contribution in [1.82, 2.24) is 0 Å². The van der Waals surface area contributed by atoms with Gasteiger partial charge in [0.1, 0.15) is 0 Å². The number of terminal acetylenes is 1. The molecule has 0 fully saturated rings. The van der Waals surface area contributed by atoms with E-state index in [-0.39, 0.29) is 5.96 Å². The Hall–Kier alpha value is -2.48. The molecule has 94 valence electrons. The average molecular weight is 245 g/mol. The number of rotatable bonds is 5. The van der Waals surface area contributed by atoms with Crippen LogP contribution >= 0.6 is 0 Å². The first-order valence-corrected chi connectivity index (χ1v) is 5.40. The summed E-state index contributed by atoms with van der Waals surface area (Å²) in [4.78, 5) is 15.0. The summed E-state index contributed by atoms with van der Waals surface area (Å²) >= 11 is 0. The lowest BCUT2D eigenvalue weighted by Gasteiger charge is -2.11. The van der Waals surface area contributed by atoms with Gasteiger partial charge in [0.15, 0.2) is 5.96 Å². The molecule has 0 amide bonds. The Kier molecular flexibility index (Phi) is 4.76. The molecule has 5 heteroatoms. The third-order valence-electron chi connectivity index (χ3n) is 2.43. The van der Waals surface area contributed by atoms with E-state index >= 15 is 0 Å². The van der Waals surface area contributed by atoms with Crippen LogP contribution in [0.15, 0.2) is 29.3 Å². The lowest BCUT2D eigenvalue weighted by atomic mass is 9.94. The van der Waals surface area contributed by atoms with E-state index in [1.807, 2.05) is 0 Å². The first-order chi connectivity index (χ1) is 8.54. The second-order valence-corrected chi connectivity index (χ2v) is 3.76. The molecule has 1 aromatic rings. The van der Waals surface area contributed by atoms with Crippen LogP contribution in [0.1, 0.15) is 24.3 Å². The SMILES string of the molecule is C#CCCC(C(=O)O)c1ccc(N=C(N)N)cc1. The van der Waals surface area contributed by atoms with Crippen molar-refractivity contribution in [3.63, 3.8) is 0 Å². The molecule has 0 radical (unpaired) electrons. The van der Waals surface area contributed by atoms with Crippen molar-refractivity contribution < 1.29 is 9.90 Å². The van der Waals surface area contributed by atoms with Gasteiger partial charge in [-0.1, -0.05) is 12.1 Å². The largest absolute Gasteiger partial charge is 0.481 e. The van der Waals surface area contributed by atoms with E-state index in [4.69, 9.17) is 23.0 Å². The number of nitrogens with zero attached hydrogens (tertiary/aromatic N) is 1. The molecule has 0 saturated heterocycles. The van der Waals surface area contributed by atoms with Gasteiger partial charge in [-0.15, -0.1) is 12.3 Å². The number of carbonyl (C=O) groups is 1. The first kappa shape index (κ1) is 13.6. The highest BCUT2D eigenvalue weighted by Gasteiger charge is 2.18. The zero-order chi connectivity index (χ0) is 13.5. The number of nitrogens with two attached hydrogens (primary N) is 2. The minimum atomic E-state index is -0.889. The molecule has 1 rings (SSSR count). The van der Waals surface area contributed by atoms with Gasteiger partial charge in [0.25, 0.3) is 0 Å². The van der Waals surface area contributed by atoms with Crippen LogP contribution < -0.4 is 11.5 Å². The molecule has 0 heterocycles. The molecule has 0 aliphatic carbocycles. The predicted octanol–water partition coefficient (Wildman–Crippen LogP) is 1.17. The molecule has 5 N–H and O–H groups in total. The van der Waals surface area contributed by atoms with Crippen molar-refractivity contribution >= 4 is 17.6 Å². The second kappa shape index (κ2) is 6.30. The van der Waals surface area contributed by atoms with Crippen LogP contribution in [0.3, 0.4) is 0 Å². The molecule has 0 aliphatic heterocycles. The standard InChI is InChI=1S/C13H15N3O2/c1-2-3-4-11(12(17)18)9-5-7-10(8-6-9)16-13(14)15/h1,5-8,11H,3-4H2,(H,17,18)(H4,14,15,16). The fourth-order valence-corrected chi connectivity index (χ4v) is 1.59. The molecule has 0 aliphatic rings. The molecule has 0 spiro atoms. The molecule has 18 heavy (non-hydrogen) atoms. The summed E-state index contributed by atoms with van der Waals surface area (Å²) in [6.45, 7) is 0. The van der Waals surface area contributed by atoms with Gasteiger partial charge in [-0.3, -0.25) is 4.79 Å². The number of carboxylic acids is 1. The summed E-state index contributed by atoms with van der Waals surface area (Å²) in [5, 5.41) is 9.13. The molecule has 5 nitrogen and oxygen atoms in total. The zero-order valence-electron chi connectivity index (χ0n) is 9.84. The van der Waals surface area contributed by atoms with Gasteiger partial charge in [-0.05, 0) is 24.1 Å². The van der Waals surface area contributed by atoms with Crippen LogP contribution in [-0.2, 0) is 4.79 Å². The topological polar surface area (TPSA) is 102 Å². The van der Waals surface area contributed by atoms with Crippen molar-refractivity contribution in [2.75, 3.05) is 0 Å². The van der Waals surface area contributed by atoms with Crippen LogP contribution in [0.2, 0.25) is 0 Å². The monoisotopic (exact) mass is 245 g/mol. The predicted molar refractivity (Wildman–Crippen MR) is 70.4 cm³/mol. The Labute approximate surface area is 106 Å². The summed E-state index contributed by atoms with van der Waals surface area (Å²) in [6, 6.07) is 6.72. The summed E-state index contributed by atoms with van der Waals surface area (Å²) in [5.74, 6) is 0.913. The maximum Gasteiger partial charge on any atom is 0.311 e. The van der Waals surface area contributed by atoms with Gasteiger partial charge in [-0.2, -0.15) is 0 Å². The van der Waals surface area contributed by atoms with Crippen LogP contribution in [0, 0.1) is 12.3 Å². The van der Waals surface area contributed by atoms with E-state index < -0.39 is 11.9 Å². The summed E-state index contributed by atoms with van der Waals surface area (Å²) in [6.07, 6.45) is 5.98. The quantitative estimate of drug-likeness (QED) is 0.411. The van der Waals surface area contributed by atoms with Crippen LogP contribution in [0.25, 0.3) is 0 Å². The number of benzene rings is 1. The van der Waals surface area contributed by atoms with E-state index in [1.54, 1.807) is 24.3 Å². The molecule has 0 saturated carbocycles. The Balaban J connectivity index is 2.91. The highest BCUT2D eigenvalue weighted by Crippen LogP contribution is 2.24. The molecule has 1 aromatic carbocycles. The van der Waals surface area contributed by atoms with Crippen molar-refractivity contribution in [2.45, 2.75) is 18.8 Å². The summed E-state index contributed by atoms with van der Waals surface area (Å²) in [5.41, 5.74) is 11.8. The van der Waals surface area contributed by atoms with E-state index in [2.05, 4.69) is 10.9 Å². The molecular formula is C13H15N3O2. The maximum atomic E-state index is 11.1. The third kappa shape index (κ3) is 3.83. The number of hydrogen-bond donors (Lipinski definition) is 3. The highest BCUT2D eigenvalue weighted by molar-refractivity contribution is 5.79. The number of aliphatic carboxylic acids is 1. The highest BCUT2D eigenvalue weighted by atomic mass is 16.4. The molecular weight excluding hydrogens is 230 g/mol. The minimum absolute atomic E-state index is 0.0372. The van der Waals surface area contributed by atoms with Crippen molar-refractivity contribution in [3.8, 4) is 12.3 Å². The van der Waals surface area contributed by atoms with Crippen LogP contribution in [0.4, 0.5) is 5.69 Å². The van der Waals surface area contributed by atoms with Gasteiger partial charge in [0, 0.05) is 6.42 Å². The van der Waals surface area contributed by atoms with Gasteiger partial charge < -0.3 is 16.6 Å². The number of carboxylic acid groups (broad SMARTS) is 1. The van der Waals surface area contributed by atoms with E-state index in [0.717, 1.165) is 0 Å². The van der Waals surface area contributed by atoms with Crippen molar-refractivity contribution in [1.29, 1.82) is 0 Å².